The molecule has 0 radical (unpaired) electrons. The van der Waals surface area contributed by atoms with E-state index in [1.54, 1.807) is 0 Å². The highest BCUT2D eigenvalue weighted by molar-refractivity contribution is 8.00. The van der Waals surface area contributed by atoms with Crippen molar-refractivity contribution in [3.63, 3.8) is 0 Å². The summed E-state index contributed by atoms with van der Waals surface area (Å²) in [6.07, 6.45) is 0. The molecular formula is C12H15ClO2S. The van der Waals surface area contributed by atoms with Gasteiger partial charge in [0, 0.05) is 9.92 Å². The lowest BCUT2D eigenvalue weighted by Crippen LogP contribution is -1.99. The average molecular weight is 259 g/mol. The van der Waals surface area contributed by atoms with E-state index in [1.807, 2.05) is 19.1 Å². The van der Waals surface area contributed by atoms with Crippen molar-refractivity contribution in [3.8, 4) is 0 Å². The van der Waals surface area contributed by atoms with Crippen LogP contribution in [0.5, 0.6) is 0 Å². The Hall–Kier alpha value is -0.670. The highest BCUT2D eigenvalue weighted by Gasteiger charge is 2.10. The molecule has 1 aromatic rings. The smallest absolute Gasteiger partial charge is 0.313 e. The van der Waals surface area contributed by atoms with Crippen LogP contribution < -0.4 is 0 Å². The zero-order valence-electron chi connectivity index (χ0n) is 9.58. The molecule has 0 aromatic heterocycles. The molecule has 0 heterocycles. The molecule has 0 unspecified atom stereocenters. The molecule has 0 amide bonds. The third-order valence-electron chi connectivity index (χ3n) is 2.27. The van der Waals surface area contributed by atoms with Crippen LogP contribution in [-0.4, -0.2) is 16.8 Å². The number of halogens is 1. The summed E-state index contributed by atoms with van der Waals surface area (Å²) in [7, 11) is 0. The SMILES string of the molecule is Cc1cc(Cl)c(C(C)C)cc1SCC(=O)O. The van der Waals surface area contributed by atoms with Gasteiger partial charge in [-0.2, -0.15) is 0 Å². The Labute approximate surface area is 105 Å². The van der Waals surface area contributed by atoms with Crippen molar-refractivity contribution in [2.75, 3.05) is 5.75 Å². The Bertz CT molecular complexity index is 402. The molecule has 0 aliphatic carbocycles. The van der Waals surface area contributed by atoms with E-state index in [-0.39, 0.29) is 5.75 Å². The van der Waals surface area contributed by atoms with Crippen molar-refractivity contribution < 1.29 is 9.90 Å². The second-order valence-corrected chi connectivity index (χ2v) is 5.40. The number of carboxylic acids is 1. The van der Waals surface area contributed by atoms with Gasteiger partial charge in [0.05, 0.1) is 5.75 Å². The molecule has 0 saturated carbocycles. The fourth-order valence-electron chi connectivity index (χ4n) is 1.41. The van der Waals surface area contributed by atoms with Crippen LogP contribution in [0.3, 0.4) is 0 Å². The van der Waals surface area contributed by atoms with E-state index in [0.29, 0.717) is 5.92 Å². The maximum atomic E-state index is 10.5. The Morgan fingerprint density at radius 3 is 2.62 bits per heavy atom. The summed E-state index contributed by atoms with van der Waals surface area (Å²) in [6, 6.07) is 3.90. The highest BCUT2D eigenvalue weighted by Crippen LogP contribution is 2.32. The zero-order valence-corrected chi connectivity index (χ0v) is 11.2. The third kappa shape index (κ3) is 3.42. The van der Waals surface area contributed by atoms with Gasteiger partial charge in [0.25, 0.3) is 0 Å². The standard InChI is InChI=1S/C12H15ClO2S/c1-7(2)9-5-11(16-6-12(14)15)8(3)4-10(9)13/h4-5,7H,6H2,1-3H3,(H,14,15). The first-order valence-electron chi connectivity index (χ1n) is 5.06. The number of aliphatic carboxylic acids is 1. The van der Waals surface area contributed by atoms with Crippen LogP contribution in [0.15, 0.2) is 17.0 Å². The average Bonchev–Trinajstić information content (AvgIpc) is 2.15. The Kier molecular flexibility index (Phi) is 4.69. The minimum atomic E-state index is -0.801. The fourth-order valence-corrected chi connectivity index (χ4v) is 2.62. The van der Waals surface area contributed by atoms with Crippen molar-refractivity contribution in [1.29, 1.82) is 0 Å². The van der Waals surface area contributed by atoms with Gasteiger partial charge in [0.15, 0.2) is 0 Å². The molecule has 2 nitrogen and oxygen atoms in total. The molecule has 1 N–H and O–H groups in total. The summed E-state index contributed by atoms with van der Waals surface area (Å²) in [5, 5.41) is 9.41. The predicted molar refractivity (Wildman–Crippen MR) is 68.6 cm³/mol. The van der Waals surface area contributed by atoms with E-state index in [2.05, 4.69) is 13.8 Å². The molecule has 0 fully saturated rings. The quantitative estimate of drug-likeness (QED) is 0.831. The topological polar surface area (TPSA) is 37.3 Å². The van der Waals surface area contributed by atoms with Crippen molar-refractivity contribution in [2.24, 2.45) is 0 Å². The van der Waals surface area contributed by atoms with Crippen LogP contribution in [0.2, 0.25) is 5.02 Å². The summed E-state index contributed by atoms with van der Waals surface area (Å²) in [6.45, 7) is 6.09. The second-order valence-electron chi connectivity index (χ2n) is 3.98. The van der Waals surface area contributed by atoms with E-state index in [0.717, 1.165) is 21.0 Å². The van der Waals surface area contributed by atoms with Crippen LogP contribution in [0.4, 0.5) is 0 Å². The molecule has 0 aliphatic heterocycles. The zero-order chi connectivity index (χ0) is 12.3. The minimum absolute atomic E-state index is 0.0833. The lowest BCUT2D eigenvalue weighted by molar-refractivity contribution is -0.133. The van der Waals surface area contributed by atoms with Crippen LogP contribution in [0.1, 0.15) is 30.9 Å². The van der Waals surface area contributed by atoms with Crippen molar-refractivity contribution in [3.05, 3.63) is 28.3 Å². The summed E-state index contributed by atoms with van der Waals surface area (Å²) < 4.78 is 0. The summed E-state index contributed by atoms with van der Waals surface area (Å²) >= 11 is 7.47. The number of thioether (sulfide) groups is 1. The molecule has 88 valence electrons. The maximum Gasteiger partial charge on any atom is 0.313 e. The van der Waals surface area contributed by atoms with Gasteiger partial charge < -0.3 is 5.11 Å². The molecule has 1 aromatic carbocycles. The number of benzene rings is 1. The predicted octanol–water partition coefficient (Wildman–Crippen LogP) is 3.95. The molecular weight excluding hydrogens is 244 g/mol. The molecule has 4 heteroatoms. The molecule has 16 heavy (non-hydrogen) atoms. The van der Waals surface area contributed by atoms with Gasteiger partial charge in [-0.15, -0.1) is 11.8 Å². The molecule has 0 saturated heterocycles. The summed E-state index contributed by atoms with van der Waals surface area (Å²) in [4.78, 5) is 11.5. The van der Waals surface area contributed by atoms with E-state index < -0.39 is 5.97 Å². The lowest BCUT2D eigenvalue weighted by Gasteiger charge is -2.12. The first kappa shape index (κ1) is 13.4. The van der Waals surface area contributed by atoms with Gasteiger partial charge in [0.2, 0.25) is 0 Å². The Morgan fingerprint density at radius 2 is 2.12 bits per heavy atom. The number of hydrogen-bond donors (Lipinski definition) is 1. The van der Waals surface area contributed by atoms with E-state index in [1.165, 1.54) is 11.8 Å². The molecule has 1 rings (SSSR count). The first-order chi connectivity index (χ1) is 7.41. The van der Waals surface area contributed by atoms with Crippen LogP contribution in [0, 0.1) is 6.92 Å². The Balaban J connectivity index is 3.00. The number of carboxylic acid groups (broad SMARTS) is 1. The van der Waals surface area contributed by atoms with Gasteiger partial charge in [-0.25, -0.2) is 0 Å². The van der Waals surface area contributed by atoms with Crippen LogP contribution in [-0.2, 0) is 4.79 Å². The number of rotatable bonds is 4. The van der Waals surface area contributed by atoms with Crippen molar-refractivity contribution >= 4 is 29.3 Å². The van der Waals surface area contributed by atoms with E-state index >= 15 is 0 Å². The molecule has 0 bridgehead atoms. The second kappa shape index (κ2) is 5.60. The lowest BCUT2D eigenvalue weighted by atomic mass is 10.0. The number of aryl methyl sites for hydroxylation is 1. The van der Waals surface area contributed by atoms with Gasteiger partial charge >= 0.3 is 5.97 Å². The van der Waals surface area contributed by atoms with E-state index in [9.17, 15) is 4.79 Å². The number of hydrogen-bond acceptors (Lipinski definition) is 2. The van der Waals surface area contributed by atoms with Gasteiger partial charge in [-0.05, 0) is 36.1 Å². The monoisotopic (exact) mass is 258 g/mol. The van der Waals surface area contributed by atoms with Gasteiger partial charge in [-0.1, -0.05) is 25.4 Å². The first-order valence-corrected chi connectivity index (χ1v) is 6.42. The molecule has 0 atom stereocenters. The number of carbonyl (C=O) groups is 1. The van der Waals surface area contributed by atoms with Gasteiger partial charge in [-0.3, -0.25) is 4.79 Å². The summed E-state index contributed by atoms with van der Waals surface area (Å²) in [5.41, 5.74) is 2.10. The van der Waals surface area contributed by atoms with E-state index in [4.69, 9.17) is 16.7 Å². The van der Waals surface area contributed by atoms with Crippen LogP contribution >= 0.6 is 23.4 Å². The van der Waals surface area contributed by atoms with Crippen LogP contribution in [0.25, 0.3) is 0 Å². The molecule has 0 aliphatic rings. The maximum absolute atomic E-state index is 10.5. The summed E-state index contributed by atoms with van der Waals surface area (Å²) in [5.74, 6) is -0.372. The highest BCUT2D eigenvalue weighted by atomic mass is 35.5. The minimum Gasteiger partial charge on any atom is -0.481 e. The normalized spacial score (nSPS) is 10.8. The molecule has 0 spiro atoms. The largest absolute Gasteiger partial charge is 0.481 e. The Morgan fingerprint density at radius 1 is 1.50 bits per heavy atom. The van der Waals surface area contributed by atoms with Gasteiger partial charge in [0.1, 0.15) is 0 Å². The van der Waals surface area contributed by atoms with Crippen molar-refractivity contribution in [1.82, 2.24) is 0 Å². The third-order valence-corrected chi connectivity index (χ3v) is 3.74. The van der Waals surface area contributed by atoms with Crippen molar-refractivity contribution in [2.45, 2.75) is 31.6 Å². The fraction of sp³-hybridized carbons (Fsp3) is 0.417.